The smallest absolute Gasteiger partial charge is 0.227 e. The zero-order valence-corrected chi connectivity index (χ0v) is 11.4. The van der Waals surface area contributed by atoms with Crippen molar-refractivity contribution in [3.63, 3.8) is 0 Å². The summed E-state index contributed by atoms with van der Waals surface area (Å²) in [7, 11) is 1.85. The van der Waals surface area contributed by atoms with Gasteiger partial charge in [-0.1, -0.05) is 29.8 Å². The first-order valence-electron chi connectivity index (χ1n) is 6.37. The molecule has 1 fully saturated rings. The number of piperidine rings is 1. The van der Waals surface area contributed by atoms with E-state index < -0.39 is 0 Å². The number of halogens is 1. The normalized spacial score (nSPS) is 19.6. The van der Waals surface area contributed by atoms with E-state index in [0.717, 1.165) is 36.5 Å². The summed E-state index contributed by atoms with van der Waals surface area (Å²) in [5.41, 5.74) is 0.999. The van der Waals surface area contributed by atoms with E-state index >= 15 is 0 Å². The summed E-state index contributed by atoms with van der Waals surface area (Å²) in [5, 5.41) is 3.99. The minimum Gasteiger partial charge on any atom is -0.341 e. The van der Waals surface area contributed by atoms with Crippen LogP contribution in [0, 0.1) is 5.92 Å². The largest absolute Gasteiger partial charge is 0.341 e. The number of amides is 1. The van der Waals surface area contributed by atoms with Gasteiger partial charge >= 0.3 is 0 Å². The lowest BCUT2D eigenvalue weighted by Gasteiger charge is -2.27. The number of benzene rings is 1. The Bertz CT molecular complexity index is 416. The molecule has 3 nitrogen and oxygen atoms in total. The number of nitrogens with one attached hydrogen (secondary N) is 1. The molecule has 0 saturated carbocycles. The Morgan fingerprint density at radius 1 is 1.50 bits per heavy atom. The molecule has 4 heteroatoms. The molecule has 98 valence electrons. The van der Waals surface area contributed by atoms with Crippen molar-refractivity contribution >= 4 is 17.5 Å². The van der Waals surface area contributed by atoms with E-state index in [4.69, 9.17) is 11.6 Å². The van der Waals surface area contributed by atoms with Gasteiger partial charge in [-0.3, -0.25) is 4.79 Å². The second-order valence-corrected chi connectivity index (χ2v) is 5.24. The predicted octanol–water partition coefficient (Wildman–Crippen LogP) is 2.30. The molecule has 1 aliphatic rings. The number of hydrogen-bond acceptors (Lipinski definition) is 2. The van der Waals surface area contributed by atoms with Gasteiger partial charge in [0.05, 0.1) is 5.92 Å². The maximum atomic E-state index is 12.3. The lowest BCUT2D eigenvalue weighted by atomic mass is 9.98. The fourth-order valence-corrected chi connectivity index (χ4v) is 2.53. The van der Waals surface area contributed by atoms with Gasteiger partial charge in [0.2, 0.25) is 5.91 Å². The minimum absolute atomic E-state index is 0.117. The van der Waals surface area contributed by atoms with Gasteiger partial charge < -0.3 is 10.2 Å². The van der Waals surface area contributed by atoms with Crippen LogP contribution in [0.2, 0.25) is 5.02 Å². The van der Waals surface area contributed by atoms with E-state index in [0.29, 0.717) is 6.54 Å². The topological polar surface area (TPSA) is 32.3 Å². The van der Waals surface area contributed by atoms with Crippen LogP contribution in [-0.2, 0) is 11.3 Å². The van der Waals surface area contributed by atoms with Crippen LogP contribution in [0.25, 0.3) is 0 Å². The highest BCUT2D eigenvalue weighted by Gasteiger charge is 2.24. The summed E-state index contributed by atoms with van der Waals surface area (Å²) in [4.78, 5) is 14.0. The summed E-state index contributed by atoms with van der Waals surface area (Å²) < 4.78 is 0. The van der Waals surface area contributed by atoms with Crippen LogP contribution in [0.1, 0.15) is 18.4 Å². The molecule has 1 aromatic rings. The first kappa shape index (κ1) is 13.4. The Morgan fingerprint density at radius 2 is 2.28 bits per heavy atom. The second-order valence-electron chi connectivity index (χ2n) is 4.83. The molecule has 0 bridgehead atoms. The summed E-state index contributed by atoms with van der Waals surface area (Å²) in [5.74, 6) is 0.327. The molecule has 1 atom stereocenters. The third kappa shape index (κ3) is 3.24. The Labute approximate surface area is 113 Å². The lowest BCUT2D eigenvalue weighted by molar-refractivity contribution is -0.135. The molecule has 0 unspecified atom stereocenters. The molecule has 0 aliphatic carbocycles. The van der Waals surface area contributed by atoms with Crippen LogP contribution in [0.15, 0.2) is 24.3 Å². The first-order valence-corrected chi connectivity index (χ1v) is 6.75. The molecule has 1 amide bonds. The molecule has 2 rings (SSSR count). The number of carbonyl (C=O) groups is 1. The van der Waals surface area contributed by atoms with Crippen molar-refractivity contribution in [2.24, 2.45) is 5.92 Å². The van der Waals surface area contributed by atoms with E-state index in [1.807, 2.05) is 31.3 Å². The van der Waals surface area contributed by atoms with Crippen molar-refractivity contribution in [2.45, 2.75) is 19.4 Å². The molecule has 0 spiro atoms. The summed E-state index contributed by atoms with van der Waals surface area (Å²) in [6.07, 6.45) is 2.06. The maximum Gasteiger partial charge on any atom is 0.227 e. The third-order valence-electron chi connectivity index (χ3n) is 3.39. The van der Waals surface area contributed by atoms with E-state index in [1.165, 1.54) is 0 Å². The fourth-order valence-electron chi connectivity index (χ4n) is 2.33. The van der Waals surface area contributed by atoms with Crippen LogP contribution in [-0.4, -0.2) is 30.9 Å². The molecule has 1 aliphatic heterocycles. The van der Waals surface area contributed by atoms with E-state index in [2.05, 4.69) is 5.32 Å². The Morgan fingerprint density at radius 3 is 2.94 bits per heavy atom. The van der Waals surface area contributed by atoms with Crippen LogP contribution < -0.4 is 5.32 Å². The van der Waals surface area contributed by atoms with Gasteiger partial charge in [-0.15, -0.1) is 0 Å². The number of hydrogen-bond donors (Lipinski definition) is 1. The van der Waals surface area contributed by atoms with Crippen LogP contribution in [0.3, 0.4) is 0 Å². The number of nitrogens with zero attached hydrogens (tertiary/aromatic N) is 1. The highest BCUT2D eigenvalue weighted by Crippen LogP contribution is 2.19. The van der Waals surface area contributed by atoms with E-state index in [1.54, 1.807) is 4.90 Å². The first-order chi connectivity index (χ1) is 8.68. The summed E-state index contributed by atoms with van der Waals surface area (Å²) in [6, 6.07) is 7.67. The van der Waals surface area contributed by atoms with Gasteiger partial charge in [-0.2, -0.15) is 0 Å². The molecular formula is C14H19ClN2O. The quantitative estimate of drug-likeness (QED) is 0.911. The monoisotopic (exact) mass is 266 g/mol. The average Bonchev–Trinajstić information content (AvgIpc) is 2.41. The molecule has 18 heavy (non-hydrogen) atoms. The zero-order chi connectivity index (χ0) is 13.0. The van der Waals surface area contributed by atoms with Crippen molar-refractivity contribution in [1.29, 1.82) is 0 Å². The van der Waals surface area contributed by atoms with Crippen LogP contribution in [0.4, 0.5) is 0 Å². The van der Waals surface area contributed by atoms with Crippen molar-refractivity contribution in [3.05, 3.63) is 34.9 Å². The molecule has 0 aromatic heterocycles. The van der Waals surface area contributed by atoms with Gasteiger partial charge in [-0.25, -0.2) is 0 Å². The van der Waals surface area contributed by atoms with E-state index in [9.17, 15) is 4.79 Å². The highest BCUT2D eigenvalue weighted by molar-refractivity contribution is 6.31. The molecular weight excluding hydrogens is 248 g/mol. The highest BCUT2D eigenvalue weighted by atomic mass is 35.5. The Kier molecular flexibility index (Phi) is 4.61. The molecule has 1 aromatic carbocycles. The lowest BCUT2D eigenvalue weighted by Crippen LogP contribution is -2.41. The van der Waals surface area contributed by atoms with Crippen molar-refractivity contribution in [3.8, 4) is 0 Å². The van der Waals surface area contributed by atoms with Gasteiger partial charge in [0.15, 0.2) is 0 Å². The Balaban J connectivity index is 1.96. The van der Waals surface area contributed by atoms with Crippen molar-refractivity contribution in [1.82, 2.24) is 10.2 Å². The van der Waals surface area contributed by atoms with Gasteiger partial charge in [-0.05, 0) is 31.0 Å². The zero-order valence-electron chi connectivity index (χ0n) is 10.7. The summed E-state index contributed by atoms with van der Waals surface area (Å²) >= 11 is 6.11. The number of rotatable bonds is 3. The third-order valence-corrected chi connectivity index (χ3v) is 3.76. The maximum absolute atomic E-state index is 12.3. The minimum atomic E-state index is 0.117. The predicted molar refractivity (Wildman–Crippen MR) is 73.5 cm³/mol. The van der Waals surface area contributed by atoms with Gasteiger partial charge in [0, 0.05) is 25.2 Å². The van der Waals surface area contributed by atoms with Gasteiger partial charge in [0.25, 0.3) is 0 Å². The summed E-state index contributed by atoms with van der Waals surface area (Å²) in [6.45, 7) is 2.40. The fraction of sp³-hybridized carbons (Fsp3) is 0.500. The molecule has 1 N–H and O–H groups in total. The second kappa shape index (κ2) is 6.21. The number of carbonyl (C=O) groups excluding carboxylic acids is 1. The van der Waals surface area contributed by atoms with Crippen LogP contribution >= 0.6 is 11.6 Å². The van der Waals surface area contributed by atoms with Crippen LogP contribution in [0.5, 0.6) is 0 Å². The van der Waals surface area contributed by atoms with Gasteiger partial charge in [0.1, 0.15) is 0 Å². The van der Waals surface area contributed by atoms with E-state index in [-0.39, 0.29) is 11.8 Å². The molecule has 1 saturated heterocycles. The molecule has 0 radical (unpaired) electrons. The standard InChI is InChI=1S/C14H19ClN2O/c1-17(10-12-5-2-3-7-13(12)15)14(18)11-6-4-8-16-9-11/h2-3,5,7,11,16H,4,6,8-10H2,1H3/t11-/m1/s1. The SMILES string of the molecule is CN(Cc1ccccc1Cl)C(=O)[C@@H]1CCCNC1. The van der Waals surface area contributed by atoms with Crippen molar-refractivity contribution in [2.75, 3.05) is 20.1 Å². The Hall–Kier alpha value is -1.06. The average molecular weight is 267 g/mol. The van der Waals surface area contributed by atoms with Crippen molar-refractivity contribution < 1.29 is 4.79 Å². The molecule has 1 heterocycles.